The molecule has 2 N–H and O–H groups in total. The van der Waals surface area contributed by atoms with Gasteiger partial charge >= 0.3 is 18.3 Å². The zero-order valence-corrected chi connectivity index (χ0v) is 19.6. The highest BCUT2D eigenvalue weighted by Gasteiger charge is 2.51. The number of nitrogens with one attached hydrogen (secondary N) is 1. The molecule has 0 amide bonds. The lowest BCUT2D eigenvalue weighted by molar-refractivity contribution is -0.192. The number of aliphatic carboxylic acids is 1. The second-order valence-electron chi connectivity index (χ2n) is 9.91. The molecular weight excluding hydrogens is 467 g/mol. The lowest BCUT2D eigenvalue weighted by atomic mass is 9.53. The average molecular weight is 500 g/mol. The molecule has 0 unspecified atom stereocenters. The molecule has 3 fully saturated rings. The summed E-state index contributed by atoms with van der Waals surface area (Å²) in [6.07, 6.45) is 5.46. The Balaban J connectivity index is 0.000000364. The molecule has 2 bridgehead atoms. The smallest absolute Gasteiger partial charge is 0.475 e. The highest BCUT2D eigenvalue weighted by atomic mass is 19.4. The van der Waals surface area contributed by atoms with Crippen LogP contribution in [-0.4, -0.2) is 49.4 Å². The van der Waals surface area contributed by atoms with Crippen molar-refractivity contribution in [2.45, 2.75) is 75.4 Å². The van der Waals surface area contributed by atoms with E-state index in [9.17, 15) is 18.0 Å². The summed E-state index contributed by atoms with van der Waals surface area (Å²) >= 11 is 0. The zero-order valence-electron chi connectivity index (χ0n) is 19.6. The van der Waals surface area contributed by atoms with Gasteiger partial charge in [0.15, 0.2) is 0 Å². The van der Waals surface area contributed by atoms with E-state index in [1.54, 1.807) is 0 Å². The first-order valence-electron chi connectivity index (χ1n) is 12.3. The molecule has 35 heavy (non-hydrogen) atoms. The number of benzene rings is 1. The number of carbonyl (C=O) groups excluding carboxylic acids is 1. The molecule has 0 radical (unpaired) electrons. The second-order valence-corrected chi connectivity index (χ2v) is 9.91. The number of carboxylic acids is 1. The van der Waals surface area contributed by atoms with Crippen LogP contribution < -0.4 is 10.1 Å². The van der Waals surface area contributed by atoms with Gasteiger partial charge < -0.3 is 24.6 Å². The molecular formula is C25H32F3NO6. The predicted molar refractivity (Wildman–Crippen MR) is 119 cm³/mol. The molecule has 0 spiro atoms. The van der Waals surface area contributed by atoms with E-state index in [0.717, 1.165) is 37.5 Å². The van der Waals surface area contributed by atoms with E-state index in [1.807, 2.05) is 6.07 Å². The number of hydrogen-bond donors (Lipinski definition) is 2. The van der Waals surface area contributed by atoms with Gasteiger partial charge in [-0.25, -0.2) is 9.59 Å². The zero-order chi connectivity index (χ0) is 25.1. The Labute approximate surface area is 202 Å². The molecule has 1 aliphatic heterocycles. The van der Waals surface area contributed by atoms with E-state index < -0.39 is 18.3 Å². The third-order valence-corrected chi connectivity index (χ3v) is 7.93. The lowest BCUT2D eigenvalue weighted by Gasteiger charge is -2.56. The first-order valence-corrected chi connectivity index (χ1v) is 12.3. The van der Waals surface area contributed by atoms with Gasteiger partial charge in [0.05, 0.1) is 6.61 Å². The molecule has 0 aromatic heterocycles. The van der Waals surface area contributed by atoms with E-state index in [1.165, 1.54) is 49.7 Å². The van der Waals surface area contributed by atoms with Crippen LogP contribution in [0.4, 0.5) is 18.0 Å². The Morgan fingerprint density at radius 2 is 1.86 bits per heavy atom. The Bertz CT molecular complexity index is 915. The fourth-order valence-corrected chi connectivity index (χ4v) is 6.03. The number of ether oxygens (including phenoxy) is 3. The fraction of sp³-hybridized carbons (Fsp3) is 0.680. The highest BCUT2D eigenvalue weighted by Crippen LogP contribution is 2.54. The van der Waals surface area contributed by atoms with Crippen molar-refractivity contribution in [3.05, 3.63) is 29.3 Å². The number of halogens is 3. The molecule has 3 aliphatic carbocycles. The topological polar surface area (TPSA) is 94.1 Å². The maximum atomic E-state index is 11.7. The quantitative estimate of drug-likeness (QED) is 0.437. The van der Waals surface area contributed by atoms with Crippen molar-refractivity contribution in [1.29, 1.82) is 0 Å². The average Bonchev–Trinajstić information content (AvgIpc) is 2.78. The number of hydrogen-bond acceptors (Lipinski definition) is 6. The van der Waals surface area contributed by atoms with E-state index >= 15 is 0 Å². The molecule has 4 aliphatic rings. The molecule has 3 atom stereocenters. The number of rotatable bonds is 5. The van der Waals surface area contributed by atoms with Crippen LogP contribution in [0.3, 0.4) is 0 Å². The third kappa shape index (κ3) is 5.85. The summed E-state index contributed by atoms with van der Waals surface area (Å²) in [4.78, 5) is 20.6. The number of piperidine rings is 1. The van der Waals surface area contributed by atoms with Gasteiger partial charge in [0, 0.05) is 11.5 Å². The predicted octanol–water partition coefficient (Wildman–Crippen LogP) is 4.96. The minimum Gasteiger partial charge on any atom is -0.475 e. The molecule has 2 saturated carbocycles. The van der Waals surface area contributed by atoms with E-state index in [4.69, 9.17) is 24.1 Å². The SMILES string of the molecule is O=C(O)C(F)(F)F.O=C(OCOc1ccc2c(c1)[C@]13CCCC[C@@H]1[C@@H](C2)NCC3)OCC1CCC1. The lowest BCUT2D eigenvalue weighted by Crippen LogP contribution is -2.59. The van der Waals surface area contributed by atoms with Crippen LogP contribution in [0.5, 0.6) is 5.75 Å². The number of carbonyl (C=O) groups is 2. The molecule has 5 rings (SSSR count). The van der Waals surface area contributed by atoms with Crippen molar-refractivity contribution >= 4 is 12.1 Å². The summed E-state index contributed by atoms with van der Waals surface area (Å²) in [7, 11) is 0. The summed E-state index contributed by atoms with van der Waals surface area (Å²) < 4.78 is 47.8. The van der Waals surface area contributed by atoms with E-state index in [-0.39, 0.29) is 6.79 Å². The van der Waals surface area contributed by atoms with Gasteiger partial charge in [0.2, 0.25) is 6.79 Å². The Morgan fingerprint density at radius 1 is 1.09 bits per heavy atom. The minimum absolute atomic E-state index is 0.0943. The number of carboxylic acid groups (broad SMARTS) is 1. The van der Waals surface area contributed by atoms with Gasteiger partial charge in [0.25, 0.3) is 0 Å². The minimum atomic E-state index is -5.08. The van der Waals surface area contributed by atoms with Gasteiger partial charge in [-0.2, -0.15) is 13.2 Å². The number of fused-ring (bicyclic) bond motifs is 1. The first-order chi connectivity index (χ1) is 16.7. The van der Waals surface area contributed by atoms with Crippen LogP contribution in [0.15, 0.2) is 18.2 Å². The first kappa shape index (κ1) is 25.6. The maximum Gasteiger partial charge on any atom is 0.511 e. The monoisotopic (exact) mass is 499 g/mol. The summed E-state index contributed by atoms with van der Waals surface area (Å²) in [5, 5.41) is 10.9. The summed E-state index contributed by atoms with van der Waals surface area (Å²) in [5.41, 5.74) is 3.26. The molecule has 1 heterocycles. The third-order valence-electron chi connectivity index (χ3n) is 7.93. The van der Waals surface area contributed by atoms with Crippen molar-refractivity contribution in [2.75, 3.05) is 19.9 Å². The van der Waals surface area contributed by atoms with Gasteiger partial charge in [-0.05, 0) is 80.2 Å². The second kappa shape index (κ2) is 10.6. The van der Waals surface area contributed by atoms with Gasteiger partial charge in [0.1, 0.15) is 5.75 Å². The van der Waals surface area contributed by atoms with Crippen molar-refractivity contribution in [1.82, 2.24) is 5.32 Å². The van der Waals surface area contributed by atoms with Crippen molar-refractivity contribution in [3.63, 3.8) is 0 Å². The van der Waals surface area contributed by atoms with E-state index in [2.05, 4.69) is 17.4 Å². The Morgan fingerprint density at radius 3 is 2.54 bits per heavy atom. The molecule has 7 nitrogen and oxygen atoms in total. The van der Waals surface area contributed by atoms with Crippen molar-refractivity contribution in [2.24, 2.45) is 11.8 Å². The van der Waals surface area contributed by atoms with Crippen LogP contribution in [0.2, 0.25) is 0 Å². The van der Waals surface area contributed by atoms with Crippen LogP contribution in [0.25, 0.3) is 0 Å². The molecule has 1 saturated heterocycles. The van der Waals surface area contributed by atoms with Crippen molar-refractivity contribution in [3.8, 4) is 5.75 Å². The molecule has 194 valence electrons. The summed E-state index contributed by atoms with van der Waals surface area (Å²) in [6, 6.07) is 7.07. The van der Waals surface area contributed by atoms with Gasteiger partial charge in [-0.15, -0.1) is 0 Å². The largest absolute Gasteiger partial charge is 0.511 e. The van der Waals surface area contributed by atoms with Crippen LogP contribution in [-0.2, 0) is 26.1 Å². The summed E-state index contributed by atoms with van der Waals surface area (Å²) in [6.45, 7) is 1.49. The van der Waals surface area contributed by atoms with Crippen molar-refractivity contribution < 1.29 is 42.1 Å². The van der Waals surface area contributed by atoms with Crippen LogP contribution >= 0.6 is 0 Å². The summed E-state index contributed by atoms with van der Waals surface area (Å²) in [5.74, 6) is -0.699. The molecule has 1 aromatic rings. The van der Waals surface area contributed by atoms with Crippen LogP contribution in [0.1, 0.15) is 62.5 Å². The van der Waals surface area contributed by atoms with E-state index in [0.29, 0.717) is 24.0 Å². The van der Waals surface area contributed by atoms with Gasteiger partial charge in [-0.1, -0.05) is 25.3 Å². The normalized spacial score (nSPS) is 27.2. The molecule has 10 heteroatoms. The van der Waals surface area contributed by atoms with Crippen LogP contribution in [0, 0.1) is 11.8 Å². The highest BCUT2D eigenvalue weighted by molar-refractivity contribution is 5.73. The maximum absolute atomic E-state index is 11.7. The Kier molecular flexibility index (Phi) is 7.78. The number of alkyl halides is 3. The Hall–Kier alpha value is -2.49. The standard InChI is InChI=1S/C23H31NO4.C2HF3O2/c25-22(26-14-16-4-3-5-16)28-15-27-18-8-7-17-12-21-19-6-1-2-9-23(19,10-11-24-21)20(17)13-18;3-2(4,5)1(6)7/h7-8,13,16,19,21,24H,1-6,9-12,14-15H2;(H,6,7)/t19-,21-,23+;/m1./s1. The molecule has 1 aromatic carbocycles. The fourth-order valence-electron chi connectivity index (χ4n) is 6.03. The van der Waals surface area contributed by atoms with Gasteiger partial charge in [-0.3, -0.25) is 0 Å².